The standard InChI is InChI=1S/2C8H10/c1-7-4-3-5-8(2)6-7;1-2-8-6-4-3-5-7-8/h3-6H,1-2H3;3-7H,2H2,1H3. The smallest absolute Gasteiger partial charge is 0.0307 e. The summed E-state index contributed by atoms with van der Waals surface area (Å²) in [7, 11) is 0. The van der Waals surface area contributed by atoms with Gasteiger partial charge in [0.05, 0.1) is 0 Å². The van der Waals surface area contributed by atoms with Gasteiger partial charge in [-0.05, 0) is 25.8 Å². The molecule has 0 N–H and O–H groups in total. The maximum atomic E-state index is 2.17. The highest BCUT2D eigenvalue weighted by molar-refractivity contribution is 5.20. The average molecular weight is 212 g/mol. The molecular weight excluding hydrogens is 192 g/mol. The van der Waals surface area contributed by atoms with Crippen LogP contribution in [-0.2, 0) is 6.42 Å². The lowest BCUT2D eigenvalue weighted by atomic mass is 10.2. The van der Waals surface area contributed by atoms with Gasteiger partial charge >= 0.3 is 0 Å². The molecule has 2 aromatic rings. The molecule has 0 fully saturated rings. The summed E-state index contributed by atoms with van der Waals surface area (Å²) in [6, 6.07) is 18.9. The fourth-order valence-corrected chi connectivity index (χ4v) is 1.52. The van der Waals surface area contributed by atoms with E-state index in [9.17, 15) is 0 Å². The molecule has 0 heterocycles. The summed E-state index contributed by atoms with van der Waals surface area (Å²) in [5.41, 5.74) is 4.09. The van der Waals surface area contributed by atoms with Crippen molar-refractivity contribution in [3.05, 3.63) is 71.3 Å². The molecule has 0 nitrogen and oxygen atoms in total. The first-order valence-corrected chi connectivity index (χ1v) is 5.79. The van der Waals surface area contributed by atoms with Gasteiger partial charge in [-0.15, -0.1) is 0 Å². The van der Waals surface area contributed by atoms with Gasteiger partial charge in [-0.2, -0.15) is 0 Å². The zero-order chi connectivity index (χ0) is 11.8. The molecule has 0 amide bonds. The van der Waals surface area contributed by atoms with Crippen LogP contribution in [0.25, 0.3) is 0 Å². The van der Waals surface area contributed by atoms with E-state index >= 15 is 0 Å². The Morgan fingerprint density at radius 2 is 1.31 bits per heavy atom. The second-order valence-corrected chi connectivity index (χ2v) is 4.00. The van der Waals surface area contributed by atoms with Crippen LogP contribution in [0.15, 0.2) is 54.6 Å². The summed E-state index contributed by atoms with van der Waals surface area (Å²) in [5.74, 6) is 0. The molecule has 2 aromatic carbocycles. The lowest BCUT2D eigenvalue weighted by Crippen LogP contribution is -1.73. The van der Waals surface area contributed by atoms with Crippen LogP contribution in [0.4, 0.5) is 0 Å². The summed E-state index contributed by atoms with van der Waals surface area (Å²) in [6.07, 6.45) is 1.14. The number of benzene rings is 2. The number of rotatable bonds is 1. The molecule has 0 atom stereocenters. The highest BCUT2D eigenvalue weighted by Gasteiger charge is 1.81. The van der Waals surface area contributed by atoms with E-state index in [0.717, 1.165) is 6.42 Å². The Hall–Kier alpha value is -1.56. The molecular formula is C16H20. The Balaban J connectivity index is 0.000000160. The highest BCUT2D eigenvalue weighted by atomic mass is 13.9. The molecule has 0 aromatic heterocycles. The monoisotopic (exact) mass is 212 g/mol. The predicted molar refractivity (Wildman–Crippen MR) is 71.7 cm³/mol. The first-order valence-electron chi connectivity index (χ1n) is 5.79. The summed E-state index contributed by atoms with van der Waals surface area (Å²) in [4.78, 5) is 0. The molecule has 0 bridgehead atoms. The topological polar surface area (TPSA) is 0 Å². The predicted octanol–water partition coefficient (Wildman–Crippen LogP) is 4.55. The lowest BCUT2D eigenvalue weighted by molar-refractivity contribution is 1.14. The SMILES string of the molecule is CCc1ccccc1.Cc1cccc(C)c1. The van der Waals surface area contributed by atoms with Crippen LogP contribution >= 0.6 is 0 Å². The van der Waals surface area contributed by atoms with E-state index in [1.807, 2.05) is 6.07 Å². The molecule has 0 saturated carbocycles. The maximum Gasteiger partial charge on any atom is -0.0307 e. The van der Waals surface area contributed by atoms with Gasteiger partial charge in [0.25, 0.3) is 0 Å². The molecule has 84 valence electrons. The Kier molecular flexibility index (Phi) is 5.35. The quantitative estimate of drug-likeness (QED) is 0.650. The van der Waals surface area contributed by atoms with Crippen molar-refractivity contribution in [1.82, 2.24) is 0 Å². The fraction of sp³-hybridized carbons (Fsp3) is 0.250. The second kappa shape index (κ2) is 6.84. The van der Waals surface area contributed by atoms with E-state index in [4.69, 9.17) is 0 Å². The van der Waals surface area contributed by atoms with Crippen LogP contribution in [0.1, 0.15) is 23.6 Å². The van der Waals surface area contributed by atoms with Gasteiger partial charge in [-0.3, -0.25) is 0 Å². The van der Waals surface area contributed by atoms with Gasteiger partial charge in [0, 0.05) is 0 Å². The largest absolute Gasteiger partial charge is 0.0622 e. The molecule has 2 rings (SSSR count). The number of aryl methyl sites for hydroxylation is 3. The first-order chi connectivity index (χ1) is 7.72. The zero-order valence-corrected chi connectivity index (χ0v) is 10.4. The van der Waals surface area contributed by atoms with Crippen molar-refractivity contribution < 1.29 is 0 Å². The van der Waals surface area contributed by atoms with Crippen molar-refractivity contribution in [3.8, 4) is 0 Å². The van der Waals surface area contributed by atoms with Crippen molar-refractivity contribution in [2.45, 2.75) is 27.2 Å². The normalized spacial score (nSPS) is 9.19. The van der Waals surface area contributed by atoms with Crippen LogP contribution in [0, 0.1) is 13.8 Å². The van der Waals surface area contributed by atoms with Gasteiger partial charge in [0.2, 0.25) is 0 Å². The van der Waals surface area contributed by atoms with Crippen molar-refractivity contribution in [3.63, 3.8) is 0 Å². The van der Waals surface area contributed by atoms with Crippen molar-refractivity contribution in [2.75, 3.05) is 0 Å². The Labute approximate surface area is 99.0 Å². The lowest BCUT2D eigenvalue weighted by Gasteiger charge is -1.90. The van der Waals surface area contributed by atoms with Crippen LogP contribution in [0.3, 0.4) is 0 Å². The number of hydrogen-bond acceptors (Lipinski definition) is 0. The van der Waals surface area contributed by atoms with Crippen LogP contribution in [-0.4, -0.2) is 0 Å². The minimum atomic E-state index is 1.14. The molecule has 0 unspecified atom stereocenters. The highest BCUT2D eigenvalue weighted by Crippen LogP contribution is 2.00. The average Bonchev–Trinajstić information content (AvgIpc) is 2.31. The molecule has 0 aliphatic heterocycles. The van der Waals surface area contributed by atoms with E-state index in [1.54, 1.807) is 0 Å². The zero-order valence-electron chi connectivity index (χ0n) is 10.4. The van der Waals surface area contributed by atoms with E-state index in [1.165, 1.54) is 16.7 Å². The summed E-state index contributed by atoms with van der Waals surface area (Å²) < 4.78 is 0. The molecule has 0 radical (unpaired) electrons. The summed E-state index contributed by atoms with van der Waals surface area (Å²) in [5, 5.41) is 0. The van der Waals surface area contributed by atoms with Crippen LogP contribution < -0.4 is 0 Å². The van der Waals surface area contributed by atoms with Gasteiger partial charge < -0.3 is 0 Å². The van der Waals surface area contributed by atoms with Crippen molar-refractivity contribution in [1.29, 1.82) is 0 Å². The molecule has 16 heavy (non-hydrogen) atoms. The van der Waals surface area contributed by atoms with Crippen molar-refractivity contribution in [2.24, 2.45) is 0 Å². The van der Waals surface area contributed by atoms with Crippen LogP contribution in [0.2, 0.25) is 0 Å². The summed E-state index contributed by atoms with van der Waals surface area (Å²) >= 11 is 0. The molecule has 0 spiro atoms. The summed E-state index contributed by atoms with van der Waals surface area (Å²) in [6.45, 7) is 6.37. The fourth-order valence-electron chi connectivity index (χ4n) is 1.52. The first kappa shape index (κ1) is 12.5. The Morgan fingerprint density at radius 3 is 1.62 bits per heavy atom. The molecule has 0 heteroatoms. The van der Waals surface area contributed by atoms with E-state index in [-0.39, 0.29) is 0 Å². The van der Waals surface area contributed by atoms with Gasteiger partial charge in [-0.1, -0.05) is 72.6 Å². The molecule has 0 aliphatic carbocycles. The van der Waals surface area contributed by atoms with Crippen LogP contribution in [0.5, 0.6) is 0 Å². The van der Waals surface area contributed by atoms with E-state index in [2.05, 4.69) is 69.3 Å². The van der Waals surface area contributed by atoms with Gasteiger partial charge in [0.15, 0.2) is 0 Å². The van der Waals surface area contributed by atoms with Gasteiger partial charge in [0.1, 0.15) is 0 Å². The minimum Gasteiger partial charge on any atom is -0.0622 e. The van der Waals surface area contributed by atoms with E-state index < -0.39 is 0 Å². The number of hydrogen-bond donors (Lipinski definition) is 0. The Morgan fingerprint density at radius 1 is 0.750 bits per heavy atom. The maximum absolute atomic E-state index is 2.17. The molecule has 0 aliphatic rings. The van der Waals surface area contributed by atoms with Gasteiger partial charge in [-0.25, -0.2) is 0 Å². The Bertz CT molecular complexity index is 384. The third kappa shape index (κ3) is 4.79. The molecule has 0 saturated heterocycles. The van der Waals surface area contributed by atoms with E-state index in [0.29, 0.717) is 0 Å². The van der Waals surface area contributed by atoms with Crippen molar-refractivity contribution >= 4 is 0 Å². The third-order valence-corrected chi connectivity index (χ3v) is 2.42. The second-order valence-electron chi connectivity index (χ2n) is 4.00. The third-order valence-electron chi connectivity index (χ3n) is 2.42. The minimum absolute atomic E-state index is 1.14.